The van der Waals surface area contributed by atoms with Crippen LogP contribution in [0.3, 0.4) is 0 Å². The second-order valence-electron chi connectivity index (χ2n) is 7.09. The van der Waals surface area contributed by atoms with Crippen molar-refractivity contribution in [3.8, 4) is 5.75 Å². The molecule has 0 N–H and O–H groups in total. The molecule has 0 bridgehead atoms. The van der Waals surface area contributed by atoms with Crippen LogP contribution in [0.5, 0.6) is 5.75 Å². The Labute approximate surface area is 159 Å². The lowest BCUT2D eigenvalue weighted by molar-refractivity contribution is -0.153. The molecule has 1 amide bonds. The van der Waals surface area contributed by atoms with Gasteiger partial charge in [0, 0.05) is 11.6 Å². The van der Waals surface area contributed by atoms with Gasteiger partial charge in [0.1, 0.15) is 11.9 Å². The van der Waals surface area contributed by atoms with Crippen molar-refractivity contribution in [1.82, 2.24) is 4.90 Å². The number of carbonyl (C=O) groups is 1. The van der Waals surface area contributed by atoms with Gasteiger partial charge in [-0.2, -0.15) is 0 Å². The summed E-state index contributed by atoms with van der Waals surface area (Å²) in [6.45, 7) is 7.24. The molecule has 2 aromatic rings. The Balaban J connectivity index is 1.69. The van der Waals surface area contributed by atoms with Gasteiger partial charge in [-0.15, -0.1) is 0 Å². The van der Waals surface area contributed by atoms with Gasteiger partial charge in [-0.1, -0.05) is 41.4 Å². The molecular weight excluding hydrogens is 350 g/mol. The Morgan fingerprint density at radius 3 is 2.46 bits per heavy atom. The quantitative estimate of drug-likeness (QED) is 0.797. The lowest BCUT2D eigenvalue weighted by Crippen LogP contribution is -2.53. The zero-order valence-corrected chi connectivity index (χ0v) is 16.1. The molecule has 1 aliphatic rings. The van der Waals surface area contributed by atoms with Crippen molar-refractivity contribution in [2.24, 2.45) is 0 Å². The predicted octanol–water partition coefficient (Wildman–Crippen LogP) is 4.41. The molecule has 1 heterocycles. The minimum absolute atomic E-state index is 0.0483. The highest BCUT2D eigenvalue weighted by Gasteiger charge is 2.37. The highest BCUT2D eigenvalue weighted by Crippen LogP contribution is 2.27. The maximum absolute atomic E-state index is 13.0. The van der Waals surface area contributed by atoms with Crippen molar-refractivity contribution in [3.05, 3.63) is 64.7 Å². The van der Waals surface area contributed by atoms with Gasteiger partial charge in [-0.05, 0) is 50.6 Å². The van der Waals surface area contributed by atoms with Crippen molar-refractivity contribution in [3.63, 3.8) is 0 Å². The molecule has 3 rings (SSSR count). The van der Waals surface area contributed by atoms with Crippen LogP contribution in [0, 0.1) is 6.92 Å². The first kappa shape index (κ1) is 18.7. The molecule has 0 spiro atoms. The molecule has 0 radical (unpaired) electrons. The van der Waals surface area contributed by atoms with Crippen molar-refractivity contribution in [1.29, 1.82) is 0 Å². The number of hydrogen-bond acceptors (Lipinski definition) is 3. The average Bonchev–Trinajstić information content (AvgIpc) is 2.63. The van der Waals surface area contributed by atoms with Gasteiger partial charge in [-0.3, -0.25) is 4.79 Å². The number of rotatable bonds is 4. The first-order valence-electron chi connectivity index (χ1n) is 8.77. The highest BCUT2D eigenvalue weighted by molar-refractivity contribution is 6.30. The number of hydrogen-bond donors (Lipinski definition) is 0. The molecule has 1 unspecified atom stereocenters. The number of carbonyl (C=O) groups excluding carboxylic acids is 1. The number of morpholine rings is 1. The molecule has 1 aliphatic heterocycles. The van der Waals surface area contributed by atoms with Crippen LogP contribution < -0.4 is 4.74 Å². The van der Waals surface area contributed by atoms with E-state index in [0.717, 1.165) is 5.56 Å². The maximum Gasteiger partial charge on any atom is 0.266 e. The topological polar surface area (TPSA) is 38.8 Å². The third-order valence-corrected chi connectivity index (χ3v) is 4.76. The smallest absolute Gasteiger partial charge is 0.266 e. The summed E-state index contributed by atoms with van der Waals surface area (Å²) >= 11 is 5.91. The van der Waals surface area contributed by atoms with Crippen LogP contribution in [0.4, 0.5) is 0 Å². The number of halogens is 1. The second-order valence-corrected chi connectivity index (χ2v) is 7.52. The van der Waals surface area contributed by atoms with E-state index in [1.54, 1.807) is 38.1 Å². The molecule has 1 atom stereocenters. The van der Waals surface area contributed by atoms with Crippen LogP contribution >= 0.6 is 11.6 Å². The fourth-order valence-corrected chi connectivity index (χ4v) is 3.16. The van der Waals surface area contributed by atoms with E-state index in [0.29, 0.717) is 30.5 Å². The summed E-state index contributed by atoms with van der Waals surface area (Å²) in [5.41, 5.74) is 1.32. The lowest BCUT2D eigenvalue weighted by Gasteiger charge is -2.37. The Hall–Kier alpha value is -2.04. The van der Waals surface area contributed by atoms with Crippen molar-refractivity contribution >= 4 is 17.5 Å². The van der Waals surface area contributed by atoms with Gasteiger partial charge in [0.05, 0.1) is 13.2 Å². The first-order valence-corrected chi connectivity index (χ1v) is 9.15. The summed E-state index contributed by atoms with van der Waals surface area (Å²) in [6, 6.07) is 15.3. The molecule has 2 aromatic carbocycles. The van der Waals surface area contributed by atoms with Crippen LogP contribution in [0.15, 0.2) is 48.5 Å². The molecular formula is C21H24ClNO3. The summed E-state index contributed by atoms with van der Waals surface area (Å²) in [6.07, 6.45) is -0.111. The molecule has 0 saturated carbocycles. The number of aryl methyl sites for hydroxylation is 1. The Bertz CT molecular complexity index is 756. The van der Waals surface area contributed by atoms with Crippen LogP contribution in [0.2, 0.25) is 5.02 Å². The Kier molecular flexibility index (Phi) is 5.54. The minimum atomic E-state index is -0.969. The summed E-state index contributed by atoms with van der Waals surface area (Å²) in [7, 11) is 0. The van der Waals surface area contributed by atoms with E-state index in [9.17, 15) is 4.79 Å². The first-order chi connectivity index (χ1) is 12.3. The van der Waals surface area contributed by atoms with Crippen molar-refractivity contribution < 1.29 is 14.3 Å². The van der Waals surface area contributed by atoms with Gasteiger partial charge in [-0.25, -0.2) is 0 Å². The van der Waals surface area contributed by atoms with Gasteiger partial charge in [0.25, 0.3) is 5.91 Å². The summed E-state index contributed by atoms with van der Waals surface area (Å²) in [4.78, 5) is 14.9. The largest absolute Gasteiger partial charge is 0.478 e. The fourth-order valence-electron chi connectivity index (χ4n) is 3.04. The number of benzene rings is 2. The Morgan fingerprint density at radius 2 is 1.81 bits per heavy atom. The van der Waals surface area contributed by atoms with E-state index in [4.69, 9.17) is 21.1 Å². The van der Waals surface area contributed by atoms with Crippen LogP contribution in [-0.4, -0.2) is 36.1 Å². The maximum atomic E-state index is 13.0. The molecule has 138 valence electrons. The number of amides is 1. The SMILES string of the molecule is Cc1ccc(C2CN(C(=O)C(C)(C)Oc3ccc(Cl)cc3)CCO2)cc1. The second kappa shape index (κ2) is 7.68. The number of nitrogens with zero attached hydrogens (tertiary/aromatic N) is 1. The molecule has 1 saturated heterocycles. The summed E-state index contributed by atoms with van der Waals surface area (Å²) in [5.74, 6) is 0.573. The van der Waals surface area contributed by atoms with E-state index >= 15 is 0 Å². The van der Waals surface area contributed by atoms with E-state index in [1.807, 2.05) is 4.90 Å². The fraction of sp³-hybridized carbons (Fsp3) is 0.381. The summed E-state index contributed by atoms with van der Waals surface area (Å²) in [5, 5.41) is 0.635. The van der Waals surface area contributed by atoms with Crippen LogP contribution in [-0.2, 0) is 9.53 Å². The standard InChI is InChI=1S/C21H24ClNO3/c1-15-4-6-16(7-5-15)19-14-23(12-13-25-19)20(24)21(2,3)26-18-10-8-17(22)9-11-18/h4-11,19H,12-14H2,1-3H3. The summed E-state index contributed by atoms with van der Waals surface area (Å²) < 4.78 is 11.8. The molecule has 0 aromatic heterocycles. The highest BCUT2D eigenvalue weighted by atomic mass is 35.5. The third-order valence-electron chi connectivity index (χ3n) is 4.50. The van der Waals surface area contributed by atoms with Crippen LogP contribution in [0.25, 0.3) is 0 Å². The van der Waals surface area contributed by atoms with Crippen molar-refractivity contribution in [2.75, 3.05) is 19.7 Å². The van der Waals surface area contributed by atoms with Gasteiger partial charge in [0.2, 0.25) is 0 Å². The molecule has 0 aliphatic carbocycles. The monoisotopic (exact) mass is 373 g/mol. The third kappa shape index (κ3) is 4.37. The number of ether oxygens (including phenoxy) is 2. The van der Waals surface area contributed by atoms with E-state index < -0.39 is 5.60 Å². The Morgan fingerprint density at radius 1 is 1.15 bits per heavy atom. The van der Waals surface area contributed by atoms with Gasteiger partial charge in [0.15, 0.2) is 5.60 Å². The van der Waals surface area contributed by atoms with Gasteiger partial charge >= 0.3 is 0 Å². The van der Waals surface area contributed by atoms with E-state index in [1.165, 1.54) is 5.56 Å². The van der Waals surface area contributed by atoms with Crippen LogP contribution in [0.1, 0.15) is 31.1 Å². The lowest BCUT2D eigenvalue weighted by atomic mass is 10.0. The van der Waals surface area contributed by atoms with Crippen molar-refractivity contribution in [2.45, 2.75) is 32.5 Å². The molecule has 5 heteroatoms. The molecule has 4 nitrogen and oxygen atoms in total. The molecule has 26 heavy (non-hydrogen) atoms. The normalized spacial score (nSPS) is 17.8. The minimum Gasteiger partial charge on any atom is -0.478 e. The van der Waals surface area contributed by atoms with Gasteiger partial charge < -0.3 is 14.4 Å². The zero-order valence-electron chi connectivity index (χ0n) is 15.4. The average molecular weight is 374 g/mol. The molecule has 1 fully saturated rings. The van der Waals surface area contributed by atoms with E-state index in [-0.39, 0.29) is 12.0 Å². The van der Waals surface area contributed by atoms with E-state index in [2.05, 4.69) is 31.2 Å². The zero-order chi connectivity index (χ0) is 18.7. The predicted molar refractivity (Wildman–Crippen MR) is 103 cm³/mol.